The number of hydrogen-bond donors (Lipinski definition) is 0. The van der Waals surface area contributed by atoms with Crippen LogP contribution in [-0.2, 0) is 23.2 Å². The highest BCUT2D eigenvalue weighted by Gasteiger charge is 2.15. The molecule has 0 fully saturated rings. The maximum atomic E-state index is 11.2. The van der Waals surface area contributed by atoms with Crippen molar-refractivity contribution in [2.24, 2.45) is 0 Å². The van der Waals surface area contributed by atoms with E-state index in [2.05, 4.69) is 0 Å². The molecule has 0 bridgehead atoms. The Morgan fingerprint density at radius 1 is 1.12 bits per heavy atom. The highest BCUT2D eigenvalue weighted by atomic mass is 127. The second kappa shape index (κ2) is 10.4. The van der Waals surface area contributed by atoms with Crippen LogP contribution in [0.3, 0.4) is 0 Å². The average Bonchev–Trinajstić information content (AvgIpc) is 2.19. The van der Waals surface area contributed by atoms with E-state index in [0.29, 0.717) is 26.4 Å². The SMILES string of the molecule is CC(C)(C)OC(=O)COCCOCCOSI. The smallest absolute Gasteiger partial charge is 0.332 e. The summed E-state index contributed by atoms with van der Waals surface area (Å²) >= 11 is 2.04. The van der Waals surface area contributed by atoms with Gasteiger partial charge in [-0.05, 0) is 20.8 Å². The lowest BCUT2D eigenvalue weighted by Gasteiger charge is -2.19. The van der Waals surface area contributed by atoms with Gasteiger partial charge in [-0.3, -0.25) is 0 Å². The maximum absolute atomic E-state index is 11.2. The van der Waals surface area contributed by atoms with Gasteiger partial charge in [-0.1, -0.05) is 0 Å². The first-order chi connectivity index (χ1) is 7.95. The van der Waals surface area contributed by atoms with Crippen LogP contribution in [0, 0.1) is 0 Å². The van der Waals surface area contributed by atoms with Gasteiger partial charge in [0.1, 0.15) is 12.2 Å². The lowest BCUT2D eigenvalue weighted by Crippen LogP contribution is -2.27. The van der Waals surface area contributed by atoms with Crippen molar-refractivity contribution in [3.05, 3.63) is 0 Å². The van der Waals surface area contributed by atoms with Gasteiger partial charge in [0.2, 0.25) is 0 Å². The van der Waals surface area contributed by atoms with E-state index in [4.69, 9.17) is 18.4 Å². The van der Waals surface area contributed by atoms with Crippen molar-refractivity contribution in [2.75, 3.05) is 33.0 Å². The molecule has 0 rings (SSSR count). The molecule has 0 radical (unpaired) electrons. The Morgan fingerprint density at radius 2 is 1.71 bits per heavy atom. The monoisotopic (exact) mass is 378 g/mol. The van der Waals surface area contributed by atoms with E-state index < -0.39 is 5.60 Å². The lowest BCUT2D eigenvalue weighted by atomic mass is 10.2. The maximum Gasteiger partial charge on any atom is 0.332 e. The molecule has 0 saturated carbocycles. The predicted octanol–water partition coefficient (Wildman–Crippen LogP) is 2.38. The van der Waals surface area contributed by atoms with E-state index in [1.54, 1.807) is 0 Å². The van der Waals surface area contributed by atoms with Crippen LogP contribution in [0.5, 0.6) is 0 Å². The van der Waals surface area contributed by atoms with Gasteiger partial charge in [-0.15, -0.1) is 0 Å². The molecule has 0 heterocycles. The van der Waals surface area contributed by atoms with Crippen LogP contribution in [0.4, 0.5) is 0 Å². The summed E-state index contributed by atoms with van der Waals surface area (Å²) in [6.45, 7) is 7.29. The number of carbonyl (C=O) groups is 1. The summed E-state index contributed by atoms with van der Waals surface area (Å²) in [6.07, 6.45) is 0. The van der Waals surface area contributed by atoms with Gasteiger partial charge in [-0.25, -0.2) is 4.79 Å². The zero-order valence-electron chi connectivity index (χ0n) is 10.4. The van der Waals surface area contributed by atoms with E-state index in [1.165, 1.54) is 9.21 Å². The third-order valence-electron chi connectivity index (χ3n) is 1.37. The largest absolute Gasteiger partial charge is 0.458 e. The molecule has 17 heavy (non-hydrogen) atoms. The van der Waals surface area contributed by atoms with Gasteiger partial charge in [0.05, 0.1) is 35.6 Å². The van der Waals surface area contributed by atoms with E-state index in [1.807, 2.05) is 42.0 Å². The Balaban J connectivity index is 3.25. The Labute approximate surface area is 119 Å². The van der Waals surface area contributed by atoms with Gasteiger partial charge < -0.3 is 18.4 Å². The molecule has 5 nitrogen and oxygen atoms in total. The molecule has 102 valence electrons. The quantitative estimate of drug-likeness (QED) is 0.266. The molecule has 0 saturated heterocycles. The minimum absolute atomic E-state index is 0.0409. The summed E-state index contributed by atoms with van der Waals surface area (Å²) < 4.78 is 20.4. The Bertz CT molecular complexity index is 207. The van der Waals surface area contributed by atoms with Crippen molar-refractivity contribution in [3.8, 4) is 0 Å². The molecule has 0 aliphatic heterocycles. The first kappa shape index (κ1) is 17.4. The van der Waals surface area contributed by atoms with Crippen molar-refractivity contribution in [3.63, 3.8) is 0 Å². The molecule has 0 amide bonds. The van der Waals surface area contributed by atoms with Crippen LogP contribution >= 0.6 is 30.4 Å². The summed E-state index contributed by atoms with van der Waals surface area (Å²) in [7, 11) is 1.28. The van der Waals surface area contributed by atoms with E-state index in [9.17, 15) is 4.79 Å². The Hall–Kier alpha value is 0.430. The minimum atomic E-state index is -0.467. The van der Waals surface area contributed by atoms with Crippen LogP contribution in [0.25, 0.3) is 0 Å². The van der Waals surface area contributed by atoms with Crippen molar-refractivity contribution in [1.29, 1.82) is 0 Å². The first-order valence-corrected chi connectivity index (χ1v) is 8.51. The molecule has 0 unspecified atom stereocenters. The van der Waals surface area contributed by atoms with E-state index in [0.717, 1.165) is 0 Å². The van der Waals surface area contributed by atoms with Gasteiger partial charge in [0.25, 0.3) is 0 Å². The highest BCUT2D eigenvalue weighted by Crippen LogP contribution is 2.11. The topological polar surface area (TPSA) is 54.0 Å². The van der Waals surface area contributed by atoms with Crippen LogP contribution in [-0.4, -0.2) is 44.6 Å². The summed E-state index contributed by atoms with van der Waals surface area (Å²) in [4.78, 5) is 11.2. The standard InChI is InChI=1S/C10H19IO5S/c1-10(2,3)16-9(12)8-14-5-4-13-6-7-15-17-11/h4-8H2,1-3H3. The molecule has 0 N–H and O–H groups in total. The lowest BCUT2D eigenvalue weighted by molar-refractivity contribution is -0.160. The number of hydrogen-bond acceptors (Lipinski definition) is 6. The molecule has 0 atom stereocenters. The first-order valence-electron chi connectivity index (χ1n) is 5.23. The summed E-state index contributed by atoms with van der Waals surface area (Å²) in [5.41, 5.74) is -0.467. The molecule has 0 spiro atoms. The average molecular weight is 378 g/mol. The molecular formula is C10H19IO5S. The number of carbonyl (C=O) groups excluding carboxylic acids is 1. The van der Waals surface area contributed by atoms with Crippen molar-refractivity contribution in [1.82, 2.24) is 0 Å². The van der Waals surface area contributed by atoms with Crippen LogP contribution in [0.2, 0.25) is 0 Å². The number of halogens is 1. The van der Waals surface area contributed by atoms with Gasteiger partial charge in [0, 0.05) is 21.2 Å². The molecule has 0 aromatic rings. The van der Waals surface area contributed by atoms with E-state index >= 15 is 0 Å². The fourth-order valence-electron chi connectivity index (χ4n) is 0.871. The molecule has 0 aromatic carbocycles. The summed E-state index contributed by atoms with van der Waals surface area (Å²) in [6, 6.07) is 0. The molecular weight excluding hydrogens is 359 g/mol. The fourth-order valence-corrected chi connectivity index (χ4v) is 1.54. The number of esters is 1. The zero-order valence-corrected chi connectivity index (χ0v) is 13.3. The fraction of sp³-hybridized carbons (Fsp3) is 0.900. The van der Waals surface area contributed by atoms with Crippen LogP contribution < -0.4 is 0 Å². The molecule has 7 heteroatoms. The second-order valence-electron chi connectivity index (χ2n) is 4.14. The van der Waals surface area contributed by atoms with E-state index in [-0.39, 0.29) is 12.6 Å². The zero-order chi connectivity index (χ0) is 13.1. The molecule has 0 aliphatic rings. The predicted molar refractivity (Wildman–Crippen MR) is 75.0 cm³/mol. The van der Waals surface area contributed by atoms with Gasteiger partial charge in [-0.2, -0.15) is 0 Å². The Morgan fingerprint density at radius 3 is 2.29 bits per heavy atom. The summed E-state index contributed by atoms with van der Waals surface area (Å²) in [5.74, 6) is -0.359. The summed E-state index contributed by atoms with van der Waals surface area (Å²) in [5, 5.41) is 0. The Kier molecular flexibility index (Phi) is 10.6. The molecule has 0 aliphatic carbocycles. The van der Waals surface area contributed by atoms with Crippen LogP contribution in [0.1, 0.15) is 20.8 Å². The van der Waals surface area contributed by atoms with Crippen molar-refractivity contribution in [2.45, 2.75) is 26.4 Å². The second-order valence-corrected chi connectivity index (χ2v) is 5.58. The van der Waals surface area contributed by atoms with Gasteiger partial charge in [0.15, 0.2) is 0 Å². The van der Waals surface area contributed by atoms with Gasteiger partial charge >= 0.3 is 5.97 Å². The number of ether oxygens (including phenoxy) is 3. The number of rotatable bonds is 9. The third kappa shape index (κ3) is 14.4. The van der Waals surface area contributed by atoms with Crippen molar-refractivity contribution >= 4 is 36.4 Å². The normalized spacial score (nSPS) is 11.5. The van der Waals surface area contributed by atoms with Crippen LogP contribution in [0.15, 0.2) is 0 Å². The highest BCUT2D eigenvalue weighted by molar-refractivity contribution is 14.2. The third-order valence-corrected chi connectivity index (χ3v) is 2.39. The molecule has 0 aromatic heterocycles. The minimum Gasteiger partial charge on any atom is -0.458 e. The van der Waals surface area contributed by atoms with Crippen molar-refractivity contribution < 1.29 is 23.2 Å².